The lowest BCUT2D eigenvalue weighted by Crippen LogP contribution is -1.76. The molecule has 0 fully saturated rings. The summed E-state index contributed by atoms with van der Waals surface area (Å²) in [5.41, 5.74) is 1.37. The minimum Gasteiger partial charge on any atom is -0.103 e. The summed E-state index contributed by atoms with van der Waals surface area (Å²) in [6.07, 6.45) is 16.2. The first-order valence-electron chi connectivity index (χ1n) is 5.77. The first-order chi connectivity index (χ1) is 6.85. The molecule has 0 amide bonds. The Morgan fingerprint density at radius 2 is 2.00 bits per heavy atom. The van der Waals surface area contributed by atoms with Crippen LogP contribution < -0.4 is 0 Å². The van der Waals surface area contributed by atoms with E-state index in [2.05, 4.69) is 38.7 Å². The van der Waals surface area contributed by atoms with E-state index in [1.54, 1.807) is 0 Å². The summed E-state index contributed by atoms with van der Waals surface area (Å²) in [4.78, 5) is 0. The predicted molar refractivity (Wildman–Crippen MR) is 66.5 cm³/mol. The molecule has 14 heavy (non-hydrogen) atoms. The van der Waals surface area contributed by atoms with Gasteiger partial charge in [0.25, 0.3) is 0 Å². The van der Waals surface area contributed by atoms with Crippen LogP contribution in [0.1, 0.15) is 52.4 Å². The fourth-order valence-corrected chi connectivity index (χ4v) is 1.37. The van der Waals surface area contributed by atoms with E-state index in [9.17, 15) is 0 Å². The van der Waals surface area contributed by atoms with Crippen molar-refractivity contribution in [2.24, 2.45) is 0 Å². The van der Waals surface area contributed by atoms with Gasteiger partial charge in [0.05, 0.1) is 0 Å². The molecule has 80 valence electrons. The number of allylic oxidation sites excluding steroid dienone is 5. The maximum absolute atomic E-state index is 3.74. The maximum Gasteiger partial charge on any atom is -0.0104 e. The molecule has 0 aromatic rings. The summed E-state index contributed by atoms with van der Waals surface area (Å²) in [5.74, 6) is 0. The van der Waals surface area contributed by atoms with E-state index in [-0.39, 0.29) is 0 Å². The van der Waals surface area contributed by atoms with Crippen LogP contribution in [0.15, 0.2) is 36.5 Å². The van der Waals surface area contributed by atoms with Crippen LogP contribution in [0.2, 0.25) is 0 Å². The average molecular weight is 192 g/mol. The molecule has 0 radical (unpaired) electrons. The Balaban J connectivity index is 3.54. The predicted octanol–water partition coefficient (Wildman–Crippen LogP) is 5.04. The topological polar surface area (TPSA) is 0 Å². The van der Waals surface area contributed by atoms with Gasteiger partial charge in [0.2, 0.25) is 0 Å². The van der Waals surface area contributed by atoms with E-state index in [1.807, 2.05) is 6.08 Å². The SMILES string of the molecule is C=CCC(C=CCCCCCC)=CC. The van der Waals surface area contributed by atoms with Gasteiger partial charge < -0.3 is 0 Å². The van der Waals surface area contributed by atoms with Crippen LogP contribution in [0.25, 0.3) is 0 Å². The minimum absolute atomic E-state index is 0.988. The van der Waals surface area contributed by atoms with Crippen LogP contribution in [0.4, 0.5) is 0 Å². The van der Waals surface area contributed by atoms with Gasteiger partial charge in [-0.3, -0.25) is 0 Å². The summed E-state index contributed by atoms with van der Waals surface area (Å²) >= 11 is 0. The van der Waals surface area contributed by atoms with E-state index in [0.717, 1.165) is 6.42 Å². The summed E-state index contributed by atoms with van der Waals surface area (Å²) in [5, 5.41) is 0. The highest BCUT2D eigenvalue weighted by Crippen LogP contribution is 2.07. The van der Waals surface area contributed by atoms with Crippen molar-refractivity contribution in [1.82, 2.24) is 0 Å². The Morgan fingerprint density at radius 1 is 1.21 bits per heavy atom. The highest BCUT2D eigenvalue weighted by molar-refractivity contribution is 5.20. The first kappa shape index (κ1) is 13.2. The maximum atomic E-state index is 3.74. The van der Waals surface area contributed by atoms with Gasteiger partial charge >= 0.3 is 0 Å². The Morgan fingerprint density at radius 3 is 2.57 bits per heavy atom. The molecule has 0 N–H and O–H groups in total. The van der Waals surface area contributed by atoms with Crippen LogP contribution in [0.3, 0.4) is 0 Å². The molecule has 0 heterocycles. The van der Waals surface area contributed by atoms with E-state index in [1.165, 1.54) is 37.7 Å². The van der Waals surface area contributed by atoms with Gasteiger partial charge in [0.1, 0.15) is 0 Å². The molecule has 0 bridgehead atoms. The summed E-state index contributed by atoms with van der Waals surface area (Å²) in [6, 6.07) is 0. The van der Waals surface area contributed by atoms with Crippen molar-refractivity contribution in [3.05, 3.63) is 36.5 Å². The minimum atomic E-state index is 0.988. The van der Waals surface area contributed by atoms with Crippen LogP contribution in [-0.2, 0) is 0 Å². The zero-order valence-corrected chi connectivity index (χ0v) is 9.76. The lowest BCUT2D eigenvalue weighted by Gasteiger charge is -1.96. The highest BCUT2D eigenvalue weighted by Gasteiger charge is 1.87. The Hall–Kier alpha value is -0.780. The van der Waals surface area contributed by atoms with Gasteiger partial charge in [0.15, 0.2) is 0 Å². The van der Waals surface area contributed by atoms with Crippen LogP contribution in [-0.4, -0.2) is 0 Å². The van der Waals surface area contributed by atoms with E-state index in [0.29, 0.717) is 0 Å². The van der Waals surface area contributed by atoms with Gasteiger partial charge in [-0.2, -0.15) is 0 Å². The second-order valence-corrected chi connectivity index (χ2v) is 3.61. The van der Waals surface area contributed by atoms with Crippen LogP contribution >= 0.6 is 0 Å². The summed E-state index contributed by atoms with van der Waals surface area (Å²) in [6.45, 7) is 8.07. The zero-order chi connectivity index (χ0) is 10.6. The Labute approximate surface area is 89.4 Å². The molecule has 0 aliphatic rings. The first-order valence-corrected chi connectivity index (χ1v) is 5.77. The fourth-order valence-electron chi connectivity index (χ4n) is 1.37. The van der Waals surface area contributed by atoms with Crippen molar-refractivity contribution < 1.29 is 0 Å². The second-order valence-electron chi connectivity index (χ2n) is 3.61. The second kappa shape index (κ2) is 10.3. The number of hydrogen-bond donors (Lipinski definition) is 0. The molecule has 0 atom stereocenters. The molecule has 0 saturated heterocycles. The summed E-state index contributed by atoms with van der Waals surface area (Å²) < 4.78 is 0. The molecular formula is C14H24. The van der Waals surface area contributed by atoms with E-state index in [4.69, 9.17) is 0 Å². The third-order valence-electron chi connectivity index (χ3n) is 2.31. The monoisotopic (exact) mass is 192 g/mol. The van der Waals surface area contributed by atoms with Gasteiger partial charge in [-0.15, -0.1) is 6.58 Å². The Bertz CT molecular complexity index is 184. The highest BCUT2D eigenvalue weighted by atomic mass is 13.9. The van der Waals surface area contributed by atoms with Crippen molar-refractivity contribution in [3.63, 3.8) is 0 Å². The zero-order valence-electron chi connectivity index (χ0n) is 9.76. The molecule has 0 unspecified atom stereocenters. The fraction of sp³-hybridized carbons (Fsp3) is 0.571. The standard InChI is InChI=1S/C14H24/c1-4-7-8-9-10-11-13-14(6-3)12-5-2/h5-6,11,13H,2,4,7-10,12H2,1,3H3. The van der Waals surface area contributed by atoms with Gasteiger partial charge in [-0.05, 0) is 31.8 Å². The van der Waals surface area contributed by atoms with Crippen LogP contribution in [0, 0.1) is 0 Å². The van der Waals surface area contributed by atoms with Gasteiger partial charge in [0, 0.05) is 0 Å². The summed E-state index contributed by atoms with van der Waals surface area (Å²) in [7, 11) is 0. The number of rotatable bonds is 8. The normalized spacial score (nSPS) is 12.3. The number of unbranched alkanes of at least 4 members (excludes halogenated alkanes) is 4. The molecule has 0 spiro atoms. The lowest BCUT2D eigenvalue weighted by atomic mass is 10.1. The number of hydrogen-bond acceptors (Lipinski definition) is 0. The molecule has 0 rings (SSSR count). The smallest absolute Gasteiger partial charge is 0.0104 e. The molecular weight excluding hydrogens is 168 g/mol. The van der Waals surface area contributed by atoms with Crippen LogP contribution in [0.5, 0.6) is 0 Å². The molecule has 0 saturated carbocycles. The molecule has 0 heteroatoms. The molecule has 0 aromatic heterocycles. The molecule has 0 aliphatic carbocycles. The van der Waals surface area contributed by atoms with Crippen molar-refractivity contribution in [2.75, 3.05) is 0 Å². The van der Waals surface area contributed by atoms with E-state index < -0.39 is 0 Å². The quantitative estimate of drug-likeness (QED) is 0.287. The van der Waals surface area contributed by atoms with Crippen molar-refractivity contribution in [3.8, 4) is 0 Å². The molecule has 0 aromatic carbocycles. The Kier molecular flexibility index (Phi) is 9.73. The van der Waals surface area contributed by atoms with Gasteiger partial charge in [-0.1, -0.05) is 50.5 Å². The average Bonchev–Trinajstić information content (AvgIpc) is 2.21. The van der Waals surface area contributed by atoms with E-state index >= 15 is 0 Å². The van der Waals surface area contributed by atoms with Crippen molar-refractivity contribution in [2.45, 2.75) is 52.4 Å². The molecule has 0 aliphatic heterocycles. The van der Waals surface area contributed by atoms with Gasteiger partial charge in [-0.25, -0.2) is 0 Å². The van der Waals surface area contributed by atoms with Crippen molar-refractivity contribution >= 4 is 0 Å². The lowest BCUT2D eigenvalue weighted by molar-refractivity contribution is 0.674. The van der Waals surface area contributed by atoms with Crippen molar-refractivity contribution in [1.29, 1.82) is 0 Å². The third-order valence-corrected chi connectivity index (χ3v) is 2.31. The third kappa shape index (κ3) is 7.85. The molecule has 0 nitrogen and oxygen atoms in total. The largest absolute Gasteiger partial charge is 0.103 e.